The van der Waals surface area contributed by atoms with Crippen molar-refractivity contribution in [1.82, 2.24) is 19.8 Å². The molecule has 6 fully saturated rings. The van der Waals surface area contributed by atoms with Crippen LogP contribution in [-0.2, 0) is 19.3 Å². The number of hydrogen-bond donors (Lipinski definition) is 3. The van der Waals surface area contributed by atoms with Gasteiger partial charge in [-0.2, -0.15) is 4.98 Å². The third-order valence-electron chi connectivity index (χ3n) is 16.5. The summed E-state index contributed by atoms with van der Waals surface area (Å²) in [5.41, 5.74) is 10.1. The van der Waals surface area contributed by atoms with E-state index in [-0.39, 0.29) is 81.8 Å². The number of benzene rings is 3. The molecule has 19 heteroatoms. The number of nitrogens with one attached hydrogen (secondary N) is 2. The first-order valence-corrected chi connectivity index (χ1v) is 26.2. The summed E-state index contributed by atoms with van der Waals surface area (Å²) in [5, 5.41) is 17.1. The number of ether oxygens (including phenoxy) is 4. The molecule has 70 heavy (non-hydrogen) atoms. The van der Waals surface area contributed by atoms with E-state index in [1.165, 1.54) is 17.2 Å². The summed E-state index contributed by atoms with van der Waals surface area (Å²) in [6.45, 7) is 9.28. The molecule has 4 N–H and O–H groups in total. The van der Waals surface area contributed by atoms with Crippen LogP contribution in [0.2, 0.25) is 0 Å². The number of hydrogen-bond acceptors (Lipinski definition) is 15. The van der Waals surface area contributed by atoms with Crippen LogP contribution >= 0.6 is 0 Å². The van der Waals surface area contributed by atoms with E-state index in [0.717, 1.165) is 56.6 Å². The van der Waals surface area contributed by atoms with E-state index < -0.39 is 38.5 Å². The number of aromatic nitrogens is 2. The van der Waals surface area contributed by atoms with Gasteiger partial charge in [0.25, 0.3) is 11.6 Å². The number of nitrogens with two attached hydrogens (primary N) is 1. The van der Waals surface area contributed by atoms with Gasteiger partial charge in [0, 0.05) is 73.4 Å². The lowest BCUT2D eigenvalue weighted by Gasteiger charge is -2.62. The number of rotatable bonds is 11. The van der Waals surface area contributed by atoms with Crippen molar-refractivity contribution in [3.8, 4) is 11.6 Å². The lowest BCUT2D eigenvalue weighted by atomic mass is 9.60. The normalized spacial score (nSPS) is 26.9. The number of fused-ring (bicyclic) bond motifs is 6. The molecule has 5 saturated heterocycles. The minimum absolute atomic E-state index is 0.0371. The highest BCUT2D eigenvalue weighted by atomic mass is 32.2. The zero-order chi connectivity index (χ0) is 47.8. The van der Waals surface area contributed by atoms with Crippen molar-refractivity contribution >= 4 is 55.2 Å². The standard InChI is InChI=1S/C51H57N9O9S/c1-28(2)35-6-3-4-7-36(35)38-8-5-13-58(38)32-18-51(19-32)26-57(27-51)39-10-9-37(48(52)61)46(59-41-14-29-11-12-53-49(29)55-50(41)69-44-25-66-24-42(44)59)47(39)70(64,65)34-16-40(60(62)63)45-43(17-34)68-22-30(54-45)20-56-21-33-15-31(56)23-67-33/h3-4,6-7,9-12,14,16-17,28,30-33,38,42,44,54H,5,8,13,15,18-27H2,1-2H3,(H2,52,61)(H,53,55)/t30-,31+,33+,38-,42-,44-/m0/s1. The number of sulfone groups is 1. The van der Waals surface area contributed by atoms with Crippen molar-refractivity contribution in [1.29, 1.82) is 0 Å². The van der Waals surface area contributed by atoms with Crippen LogP contribution in [0.5, 0.6) is 11.6 Å². The summed E-state index contributed by atoms with van der Waals surface area (Å²) >= 11 is 0. The summed E-state index contributed by atoms with van der Waals surface area (Å²) in [5.74, 6) is -0.125. The van der Waals surface area contributed by atoms with Gasteiger partial charge in [0.2, 0.25) is 15.7 Å². The number of anilines is 4. The van der Waals surface area contributed by atoms with Gasteiger partial charge >= 0.3 is 0 Å². The topological polar surface area (TPSA) is 211 Å². The molecule has 0 unspecified atom stereocenters. The van der Waals surface area contributed by atoms with Gasteiger partial charge in [0.05, 0.1) is 64.8 Å². The molecule has 2 aromatic heterocycles. The molecule has 1 aliphatic carbocycles. The molecule has 13 rings (SSSR count). The molecule has 1 spiro atoms. The van der Waals surface area contributed by atoms with Crippen molar-refractivity contribution in [3.63, 3.8) is 0 Å². The monoisotopic (exact) mass is 971 g/mol. The number of carbonyl (C=O) groups is 1. The second-order valence-corrected chi connectivity index (χ2v) is 23.0. The lowest BCUT2D eigenvalue weighted by Crippen LogP contribution is -2.66. The molecule has 3 aromatic carbocycles. The van der Waals surface area contributed by atoms with E-state index in [1.54, 1.807) is 23.2 Å². The number of carbonyl (C=O) groups excluding carboxylic acids is 1. The summed E-state index contributed by atoms with van der Waals surface area (Å²) in [4.78, 5) is 42.6. The maximum atomic E-state index is 16.0. The average molecular weight is 972 g/mol. The second-order valence-electron chi connectivity index (χ2n) is 21.2. The van der Waals surface area contributed by atoms with E-state index >= 15 is 8.42 Å². The molecule has 5 aromatic rings. The minimum Gasteiger partial charge on any atom is -0.489 e. The Balaban J connectivity index is 0.897. The Kier molecular flexibility index (Phi) is 10.2. The van der Waals surface area contributed by atoms with Gasteiger partial charge in [-0.05, 0) is 80.0 Å². The number of morpholine rings is 1. The van der Waals surface area contributed by atoms with Crippen LogP contribution in [0.15, 0.2) is 76.7 Å². The first kappa shape index (κ1) is 44.0. The molecular formula is C51H57N9O9S. The van der Waals surface area contributed by atoms with E-state index in [9.17, 15) is 14.9 Å². The predicted octanol–water partition coefficient (Wildman–Crippen LogP) is 6.28. The van der Waals surface area contributed by atoms with Crippen molar-refractivity contribution in [3.05, 3.63) is 93.7 Å². The molecule has 18 nitrogen and oxygen atoms in total. The molecule has 7 aliphatic heterocycles. The SMILES string of the molecule is CC(C)c1ccccc1[C@@H]1CCCN1C1CC2(C1)CN(c1ccc(C(N)=O)c(N3c4cc5cc[nH]c5nc4O[C@H]4COC[C@@H]43)c1S(=O)(=O)c1cc3c(c([N+](=O)[O-])c1)N[C@@H](CN1C[C@H]4C[C@@H]1CO4)CO3)C2. The molecule has 1 amide bonds. The van der Waals surface area contributed by atoms with E-state index in [4.69, 9.17) is 29.7 Å². The number of H-pyrrole nitrogens is 1. The maximum absolute atomic E-state index is 16.0. The fraction of sp³-hybridized carbons (Fsp3) is 0.490. The predicted molar refractivity (Wildman–Crippen MR) is 260 cm³/mol. The third-order valence-corrected chi connectivity index (χ3v) is 18.3. The largest absolute Gasteiger partial charge is 0.489 e. The first-order chi connectivity index (χ1) is 33.8. The Morgan fingerprint density at radius 2 is 1.87 bits per heavy atom. The summed E-state index contributed by atoms with van der Waals surface area (Å²) in [6, 6.07) is 18.5. The molecule has 366 valence electrons. The molecule has 8 aliphatic rings. The van der Waals surface area contributed by atoms with Crippen LogP contribution in [-0.4, -0.2) is 135 Å². The van der Waals surface area contributed by atoms with Crippen LogP contribution in [0.1, 0.15) is 79.4 Å². The van der Waals surface area contributed by atoms with Crippen molar-refractivity contribution < 1.29 is 37.1 Å². The van der Waals surface area contributed by atoms with Crippen LogP contribution in [0.25, 0.3) is 11.0 Å². The number of primary amides is 1. The Morgan fingerprint density at radius 3 is 2.64 bits per heavy atom. The summed E-state index contributed by atoms with van der Waals surface area (Å²) < 4.78 is 56.6. The number of nitro benzene ring substituents is 1. The lowest BCUT2D eigenvalue weighted by molar-refractivity contribution is -0.384. The highest BCUT2D eigenvalue weighted by molar-refractivity contribution is 7.91. The van der Waals surface area contributed by atoms with E-state index in [0.29, 0.717) is 61.3 Å². The fourth-order valence-electron chi connectivity index (χ4n) is 13.2. The maximum Gasteiger partial charge on any atom is 0.297 e. The zero-order valence-corrected chi connectivity index (χ0v) is 40.0. The third kappa shape index (κ3) is 6.97. The van der Waals surface area contributed by atoms with Gasteiger partial charge in [-0.25, -0.2) is 8.42 Å². The van der Waals surface area contributed by atoms with Gasteiger partial charge in [0.1, 0.15) is 28.9 Å². The Hall–Kier alpha value is -5.99. The van der Waals surface area contributed by atoms with E-state index in [1.807, 2.05) is 12.1 Å². The number of aromatic amines is 1. The second kappa shape index (κ2) is 16.3. The number of pyridine rings is 1. The zero-order valence-electron chi connectivity index (χ0n) is 39.2. The fourth-order valence-corrected chi connectivity index (χ4v) is 14.9. The van der Waals surface area contributed by atoms with Crippen molar-refractivity contribution in [2.45, 2.75) is 104 Å². The smallest absolute Gasteiger partial charge is 0.297 e. The van der Waals surface area contributed by atoms with Gasteiger partial charge in [-0.3, -0.25) is 24.7 Å². The molecule has 0 radical (unpaired) electrons. The van der Waals surface area contributed by atoms with Crippen LogP contribution < -0.4 is 30.3 Å². The van der Waals surface area contributed by atoms with Gasteiger partial charge in [0.15, 0.2) is 11.4 Å². The first-order valence-electron chi connectivity index (χ1n) is 24.7. The van der Waals surface area contributed by atoms with Crippen molar-refractivity contribution in [2.24, 2.45) is 11.1 Å². The highest BCUT2D eigenvalue weighted by Gasteiger charge is 2.56. The quantitative estimate of drug-likeness (QED) is 0.0983. The number of nitrogens with zero attached hydrogens (tertiary/aromatic N) is 6. The molecule has 6 atom stereocenters. The van der Waals surface area contributed by atoms with Crippen LogP contribution in [0.4, 0.5) is 28.4 Å². The number of amides is 1. The van der Waals surface area contributed by atoms with Gasteiger partial charge in [-0.1, -0.05) is 38.1 Å². The van der Waals surface area contributed by atoms with Crippen LogP contribution in [0, 0.1) is 15.5 Å². The number of likely N-dealkylation sites (tertiary alicyclic amines) is 2. The van der Waals surface area contributed by atoms with Crippen molar-refractivity contribution in [2.75, 3.05) is 74.3 Å². The average Bonchev–Trinajstić information content (AvgIpc) is 4.19. The summed E-state index contributed by atoms with van der Waals surface area (Å²) in [7, 11) is -4.76. The number of nitro groups is 1. The minimum atomic E-state index is -4.76. The Bertz CT molecular complexity index is 3080. The molecular weight excluding hydrogens is 915 g/mol. The van der Waals surface area contributed by atoms with Gasteiger partial charge < -0.3 is 44.8 Å². The Labute approximate surface area is 405 Å². The Morgan fingerprint density at radius 1 is 1.03 bits per heavy atom. The summed E-state index contributed by atoms with van der Waals surface area (Å²) in [6.07, 6.45) is 6.54. The molecule has 2 bridgehead atoms. The molecule has 9 heterocycles. The molecule has 1 saturated carbocycles. The van der Waals surface area contributed by atoms with Crippen LogP contribution in [0.3, 0.4) is 0 Å². The van der Waals surface area contributed by atoms with E-state index in [2.05, 4.69) is 63.1 Å². The highest BCUT2D eigenvalue weighted by Crippen LogP contribution is 2.57. The van der Waals surface area contributed by atoms with Gasteiger partial charge in [-0.15, -0.1) is 0 Å².